The van der Waals surface area contributed by atoms with Crippen molar-refractivity contribution in [3.8, 4) is 0 Å². The number of fused-ring (bicyclic) bond motifs is 1. The standard InChI is InChI=1S/C15H16N2O4/c1-9-8-10-4-2-3-5-11(10)14(16-9)17-12(15(20)21)6-7-13(18)19/h2-5,8,12H,6-7H2,1H3,(H,16,17)(H,18,19)(H,20,21). The third-order valence-electron chi connectivity index (χ3n) is 3.12. The molecule has 0 saturated heterocycles. The molecular formula is C15H16N2O4. The first-order chi connectivity index (χ1) is 9.97. The Hall–Kier alpha value is -2.63. The third-order valence-corrected chi connectivity index (χ3v) is 3.12. The lowest BCUT2D eigenvalue weighted by Crippen LogP contribution is -2.30. The van der Waals surface area contributed by atoms with Crippen molar-refractivity contribution in [2.24, 2.45) is 0 Å². The number of anilines is 1. The van der Waals surface area contributed by atoms with Crippen LogP contribution in [0, 0.1) is 6.92 Å². The molecule has 2 rings (SSSR count). The number of aliphatic carboxylic acids is 2. The molecule has 0 bridgehead atoms. The van der Waals surface area contributed by atoms with Crippen molar-refractivity contribution in [1.29, 1.82) is 0 Å². The summed E-state index contributed by atoms with van der Waals surface area (Å²) < 4.78 is 0. The Morgan fingerprint density at radius 1 is 1.29 bits per heavy atom. The summed E-state index contributed by atoms with van der Waals surface area (Å²) in [5, 5.41) is 22.5. The Morgan fingerprint density at radius 2 is 2.00 bits per heavy atom. The smallest absolute Gasteiger partial charge is 0.326 e. The van der Waals surface area contributed by atoms with Gasteiger partial charge in [0.1, 0.15) is 11.9 Å². The van der Waals surface area contributed by atoms with E-state index >= 15 is 0 Å². The van der Waals surface area contributed by atoms with Gasteiger partial charge in [-0.3, -0.25) is 4.79 Å². The van der Waals surface area contributed by atoms with E-state index in [1.54, 1.807) is 0 Å². The maximum atomic E-state index is 11.3. The van der Waals surface area contributed by atoms with Gasteiger partial charge in [-0.15, -0.1) is 0 Å². The lowest BCUT2D eigenvalue weighted by atomic mass is 10.1. The Morgan fingerprint density at radius 3 is 2.67 bits per heavy atom. The van der Waals surface area contributed by atoms with Crippen molar-refractivity contribution in [2.75, 3.05) is 5.32 Å². The molecule has 21 heavy (non-hydrogen) atoms. The maximum absolute atomic E-state index is 11.3. The minimum Gasteiger partial charge on any atom is -0.481 e. The molecule has 0 amide bonds. The lowest BCUT2D eigenvalue weighted by Gasteiger charge is -2.16. The number of nitrogens with one attached hydrogen (secondary N) is 1. The first kappa shape index (κ1) is 14.8. The van der Waals surface area contributed by atoms with Crippen LogP contribution in [0.2, 0.25) is 0 Å². The Kier molecular flexibility index (Phi) is 4.37. The quantitative estimate of drug-likeness (QED) is 0.754. The van der Waals surface area contributed by atoms with Gasteiger partial charge < -0.3 is 15.5 Å². The van der Waals surface area contributed by atoms with Crippen molar-refractivity contribution in [3.05, 3.63) is 36.0 Å². The molecule has 6 heteroatoms. The topological polar surface area (TPSA) is 99.5 Å². The highest BCUT2D eigenvalue weighted by Gasteiger charge is 2.20. The summed E-state index contributed by atoms with van der Waals surface area (Å²) in [5.41, 5.74) is 0.763. The highest BCUT2D eigenvalue weighted by molar-refractivity contribution is 5.93. The highest BCUT2D eigenvalue weighted by atomic mass is 16.4. The molecule has 0 aliphatic rings. The second kappa shape index (κ2) is 6.21. The average Bonchev–Trinajstić information content (AvgIpc) is 2.42. The number of hydrogen-bond acceptors (Lipinski definition) is 4. The van der Waals surface area contributed by atoms with E-state index in [9.17, 15) is 14.7 Å². The van der Waals surface area contributed by atoms with Gasteiger partial charge in [0, 0.05) is 17.5 Å². The van der Waals surface area contributed by atoms with Gasteiger partial charge in [0.05, 0.1) is 0 Å². The van der Waals surface area contributed by atoms with Crippen LogP contribution in [-0.2, 0) is 9.59 Å². The zero-order valence-corrected chi connectivity index (χ0v) is 11.5. The second-order valence-electron chi connectivity index (χ2n) is 4.80. The van der Waals surface area contributed by atoms with E-state index in [4.69, 9.17) is 5.11 Å². The van der Waals surface area contributed by atoms with Gasteiger partial charge in [0.15, 0.2) is 0 Å². The zero-order valence-electron chi connectivity index (χ0n) is 11.5. The first-order valence-corrected chi connectivity index (χ1v) is 6.55. The van der Waals surface area contributed by atoms with Crippen LogP contribution >= 0.6 is 0 Å². The molecule has 0 spiro atoms. The molecule has 1 aromatic heterocycles. The fraction of sp³-hybridized carbons (Fsp3) is 0.267. The first-order valence-electron chi connectivity index (χ1n) is 6.55. The van der Waals surface area contributed by atoms with Crippen molar-refractivity contribution in [1.82, 2.24) is 4.98 Å². The van der Waals surface area contributed by atoms with E-state index < -0.39 is 18.0 Å². The fourth-order valence-corrected chi connectivity index (χ4v) is 2.13. The van der Waals surface area contributed by atoms with E-state index in [2.05, 4.69) is 10.3 Å². The number of benzene rings is 1. The van der Waals surface area contributed by atoms with Crippen LogP contribution in [0.25, 0.3) is 10.8 Å². The van der Waals surface area contributed by atoms with E-state index in [1.807, 2.05) is 37.3 Å². The number of aromatic nitrogens is 1. The van der Waals surface area contributed by atoms with Gasteiger partial charge in [-0.25, -0.2) is 9.78 Å². The number of carboxylic acid groups (broad SMARTS) is 2. The largest absolute Gasteiger partial charge is 0.481 e. The predicted molar refractivity (Wildman–Crippen MR) is 78.4 cm³/mol. The van der Waals surface area contributed by atoms with Crippen LogP contribution in [-0.4, -0.2) is 33.2 Å². The van der Waals surface area contributed by atoms with Crippen molar-refractivity contribution >= 4 is 28.5 Å². The Bertz CT molecular complexity index is 684. The molecule has 0 saturated carbocycles. The summed E-state index contributed by atoms with van der Waals surface area (Å²) in [7, 11) is 0. The summed E-state index contributed by atoms with van der Waals surface area (Å²) in [6, 6.07) is 8.43. The van der Waals surface area contributed by atoms with Crippen LogP contribution in [0.4, 0.5) is 5.82 Å². The third kappa shape index (κ3) is 3.68. The molecule has 0 aliphatic carbocycles. The molecule has 0 fully saturated rings. The molecule has 0 radical (unpaired) electrons. The van der Waals surface area contributed by atoms with Gasteiger partial charge in [-0.1, -0.05) is 24.3 Å². The van der Waals surface area contributed by atoms with Crippen molar-refractivity contribution in [3.63, 3.8) is 0 Å². The van der Waals surface area contributed by atoms with E-state index in [1.165, 1.54) is 0 Å². The molecule has 6 nitrogen and oxygen atoms in total. The Labute approximate surface area is 121 Å². The van der Waals surface area contributed by atoms with Crippen molar-refractivity contribution < 1.29 is 19.8 Å². The predicted octanol–water partition coefficient (Wildman–Crippen LogP) is 2.27. The van der Waals surface area contributed by atoms with Crippen LogP contribution in [0.5, 0.6) is 0 Å². The summed E-state index contributed by atoms with van der Waals surface area (Å²) in [4.78, 5) is 26.2. The summed E-state index contributed by atoms with van der Waals surface area (Å²) >= 11 is 0. The monoisotopic (exact) mass is 288 g/mol. The molecule has 1 heterocycles. The summed E-state index contributed by atoms with van der Waals surface area (Å²) in [6.45, 7) is 1.82. The number of pyridine rings is 1. The second-order valence-corrected chi connectivity index (χ2v) is 4.80. The number of nitrogens with zero attached hydrogens (tertiary/aromatic N) is 1. The SMILES string of the molecule is Cc1cc2ccccc2c(NC(CCC(=O)O)C(=O)O)n1. The van der Waals surface area contributed by atoms with E-state index in [-0.39, 0.29) is 12.8 Å². The minimum atomic E-state index is -1.09. The van der Waals surface area contributed by atoms with E-state index in [0.717, 1.165) is 16.5 Å². The fourth-order valence-electron chi connectivity index (χ4n) is 2.13. The van der Waals surface area contributed by atoms with Crippen LogP contribution < -0.4 is 5.32 Å². The molecule has 1 aromatic carbocycles. The lowest BCUT2D eigenvalue weighted by molar-refractivity contribution is -0.139. The van der Waals surface area contributed by atoms with Crippen LogP contribution in [0.3, 0.4) is 0 Å². The van der Waals surface area contributed by atoms with Crippen molar-refractivity contribution in [2.45, 2.75) is 25.8 Å². The van der Waals surface area contributed by atoms with Crippen LogP contribution in [0.1, 0.15) is 18.5 Å². The van der Waals surface area contributed by atoms with Gasteiger partial charge in [0.25, 0.3) is 0 Å². The zero-order chi connectivity index (χ0) is 15.4. The maximum Gasteiger partial charge on any atom is 0.326 e. The summed E-state index contributed by atoms with van der Waals surface area (Å²) in [6.07, 6.45) is -0.220. The number of carboxylic acids is 2. The molecule has 110 valence electrons. The normalized spacial score (nSPS) is 12.0. The molecular weight excluding hydrogens is 272 g/mol. The van der Waals surface area contributed by atoms with Gasteiger partial charge in [-0.2, -0.15) is 0 Å². The summed E-state index contributed by atoms with van der Waals surface area (Å²) in [5.74, 6) is -1.66. The number of carbonyl (C=O) groups is 2. The van der Waals surface area contributed by atoms with Crippen LogP contribution in [0.15, 0.2) is 30.3 Å². The molecule has 2 aromatic rings. The molecule has 3 N–H and O–H groups in total. The molecule has 0 aliphatic heterocycles. The number of aryl methyl sites for hydroxylation is 1. The van der Waals surface area contributed by atoms with Gasteiger partial charge in [0.2, 0.25) is 0 Å². The minimum absolute atomic E-state index is 0.00534. The molecule has 1 unspecified atom stereocenters. The Balaban J connectivity index is 2.32. The van der Waals surface area contributed by atoms with Gasteiger partial charge in [-0.05, 0) is 24.8 Å². The van der Waals surface area contributed by atoms with Gasteiger partial charge >= 0.3 is 11.9 Å². The van der Waals surface area contributed by atoms with E-state index in [0.29, 0.717) is 5.82 Å². The molecule has 1 atom stereocenters. The highest BCUT2D eigenvalue weighted by Crippen LogP contribution is 2.23. The number of hydrogen-bond donors (Lipinski definition) is 3. The average molecular weight is 288 g/mol. The number of rotatable bonds is 6.